The minimum Gasteiger partial charge on any atom is -0.218 e. The van der Waals surface area contributed by atoms with Crippen molar-refractivity contribution < 1.29 is 8.42 Å². The summed E-state index contributed by atoms with van der Waals surface area (Å²) in [5, 5.41) is 0. The second kappa shape index (κ2) is 7.76. The van der Waals surface area contributed by atoms with Gasteiger partial charge in [-0.3, -0.25) is 0 Å². The van der Waals surface area contributed by atoms with Gasteiger partial charge in [-0.25, -0.2) is 8.42 Å². The Bertz CT molecular complexity index is 980. The van der Waals surface area contributed by atoms with Crippen molar-refractivity contribution in [2.24, 2.45) is 0 Å². The van der Waals surface area contributed by atoms with Crippen LogP contribution >= 0.6 is 0 Å². The molecule has 0 heterocycles. The SMILES string of the molecule is CC(C)(C)c1ccc(S(=O)(=O)c2ccc(C(C)(C)C)cc2C(C)(C)C)c(C(C)(C)C)c1. The third kappa shape index (κ3) is 5.42. The molecule has 3 heteroatoms. The average molecular weight is 443 g/mol. The van der Waals surface area contributed by atoms with Gasteiger partial charge in [0, 0.05) is 0 Å². The van der Waals surface area contributed by atoms with E-state index in [1.54, 1.807) is 0 Å². The number of hydrogen-bond donors (Lipinski definition) is 0. The smallest absolute Gasteiger partial charge is 0.207 e. The minimum absolute atomic E-state index is 0.0484. The molecule has 0 unspecified atom stereocenters. The van der Waals surface area contributed by atoms with Crippen molar-refractivity contribution in [1.29, 1.82) is 0 Å². The number of sulfone groups is 1. The fourth-order valence-electron chi connectivity index (χ4n) is 3.75. The van der Waals surface area contributed by atoms with E-state index < -0.39 is 9.84 Å². The highest BCUT2D eigenvalue weighted by Crippen LogP contribution is 2.40. The quantitative estimate of drug-likeness (QED) is 0.477. The maximum atomic E-state index is 14.1. The molecule has 0 fully saturated rings. The lowest BCUT2D eigenvalue weighted by molar-refractivity contribution is 0.540. The fourth-order valence-corrected chi connectivity index (χ4v) is 5.79. The molecule has 2 nitrogen and oxygen atoms in total. The molecule has 172 valence electrons. The zero-order chi connectivity index (χ0) is 24.2. The summed E-state index contributed by atoms with van der Waals surface area (Å²) in [5.41, 5.74) is 3.36. The summed E-state index contributed by atoms with van der Waals surface area (Å²) in [5.74, 6) is 0. The Morgan fingerprint density at radius 3 is 1.00 bits per heavy atom. The fraction of sp³-hybridized carbons (Fsp3) is 0.571. The largest absolute Gasteiger partial charge is 0.218 e. The van der Waals surface area contributed by atoms with Crippen molar-refractivity contribution in [3.05, 3.63) is 58.7 Å². The van der Waals surface area contributed by atoms with Gasteiger partial charge in [0.25, 0.3) is 0 Å². The summed E-state index contributed by atoms with van der Waals surface area (Å²) in [4.78, 5) is 0.837. The van der Waals surface area contributed by atoms with Crippen molar-refractivity contribution in [1.82, 2.24) is 0 Å². The lowest BCUT2D eigenvalue weighted by atomic mass is 9.80. The number of hydrogen-bond acceptors (Lipinski definition) is 2. The average Bonchev–Trinajstić information content (AvgIpc) is 2.57. The van der Waals surface area contributed by atoms with E-state index in [9.17, 15) is 8.42 Å². The topological polar surface area (TPSA) is 34.1 Å². The standard InChI is InChI=1S/C28H42O2S/c1-25(2,3)19-13-15-23(21(17-19)27(7,8)9)31(29,30)24-16-14-20(26(4,5)6)18-22(24)28(10,11)12/h13-18H,1-12H3. The molecule has 0 radical (unpaired) electrons. The van der Waals surface area contributed by atoms with Crippen LogP contribution in [0.25, 0.3) is 0 Å². The molecule has 31 heavy (non-hydrogen) atoms. The van der Waals surface area contributed by atoms with Crippen LogP contribution < -0.4 is 0 Å². The molecule has 0 N–H and O–H groups in total. The van der Waals surface area contributed by atoms with Crippen molar-refractivity contribution in [2.75, 3.05) is 0 Å². The van der Waals surface area contributed by atoms with Crippen molar-refractivity contribution in [3.8, 4) is 0 Å². The summed E-state index contributed by atoms with van der Waals surface area (Å²) in [7, 11) is -3.69. The van der Waals surface area contributed by atoms with Gasteiger partial charge in [-0.15, -0.1) is 0 Å². The first-order chi connectivity index (χ1) is 13.7. The van der Waals surface area contributed by atoms with E-state index in [4.69, 9.17) is 0 Å². The first kappa shape index (κ1) is 25.6. The molecule has 2 rings (SSSR count). The molecule has 0 saturated heterocycles. The minimum atomic E-state index is -3.69. The molecule has 0 atom stereocenters. The van der Waals surface area contributed by atoms with Crippen LogP contribution in [0.3, 0.4) is 0 Å². The predicted molar refractivity (Wildman–Crippen MR) is 133 cm³/mol. The highest BCUT2D eigenvalue weighted by molar-refractivity contribution is 7.91. The van der Waals surface area contributed by atoms with Crippen molar-refractivity contribution in [2.45, 2.75) is 115 Å². The lowest BCUT2D eigenvalue weighted by Crippen LogP contribution is -2.23. The van der Waals surface area contributed by atoms with Gasteiger partial charge in [0.05, 0.1) is 9.79 Å². The van der Waals surface area contributed by atoms with E-state index in [0.717, 1.165) is 22.3 Å². The summed E-state index contributed by atoms with van der Waals surface area (Å²) < 4.78 is 28.2. The third-order valence-corrected chi connectivity index (χ3v) is 7.76. The van der Waals surface area contributed by atoms with E-state index in [2.05, 4.69) is 95.2 Å². The zero-order valence-electron chi connectivity index (χ0n) is 21.7. The molecule has 0 aliphatic carbocycles. The molecular weight excluding hydrogens is 400 g/mol. The van der Waals surface area contributed by atoms with Crippen LogP contribution in [0.1, 0.15) is 105 Å². The first-order valence-corrected chi connectivity index (χ1v) is 12.7. The Hall–Kier alpha value is -1.61. The third-order valence-electron chi connectivity index (χ3n) is 5.89. The molecule has 0 saturated carbocycles. The molecule has 0 bridgehead atoms. The normalized spacial score (nSPS) is 14.1. The molecule has 2 aromatic rings. The van der Waals surface area contributed by atoms with Gasteiger partial charge in [-0.05, 0) is 56.0 Å². The Kier molecular flexibility index (Phi) is 6.42. The van der Waals surface area contributed by atoms with Crippen LogP contribution in [-0.4, -0.2) is 8.42 Å². The molecule has 0 aromatic heterocycles. The van der Waals surface area contributed by atoms with Crippen LogP contribution in [0.15, 0.2) is 46.2 Å². The summed E-state index contributed by atoms with van der Waals surface area (Å²) >= 11 is 0. The summed E-state index contributed by atoms with van der Waals surface area (Å²) in [6.45, 7) is 25.5. The first-order valence-electron chi connectivity index (χ1n) is 11.2. The number of benzene rings is 2. The van der Waals surface area contributed by atoms with Gasteiger partial charge in [-0.2, -0.15) is 0 Å². The Morgan fingerprint density at radius 1 is 0.484 bits per heavy atom. The van der Waals surface area contributed by atoms with Gasteiger partial charge in [0.15, 0.2) is 0 Å². The molecule has 0 aliphatic rings. The molecule has 2 aromatic carbocycles. The van der Waals surface area contributed by atoms with Crippen LogP contribution in [0.5, 0.6) is 0 Å². The summed E-state index contributed by atoms with van der Waals surface area (Å²) in [6, 6.07) is 11.8. The highest BCUT2D eigenvalue weighted by atomic mass is 32.2. The van der Waals surface area contributed by atoms with Crippen molar-refractivity contribution in [3.63, 3.8) is 0 Å². The predicted octanol–water partition coefficient (Wildman–Crippen LogP) is 7.71. The lowest BCUT2D eigenvalue weighted by Gasteiger charge is -2.30. The maximum absolute atomic E-state index is 14.1. The van der Waals surface area contributed by atoms with E-state index in [-0.39, 0.29) is 21.7 Å². The monoisotopic (exact) mass is 442 g/mol. The molecule has 0 spiro atoms. The van der Waals surface area contributed by atoms with Crippen LogP contribution in [0.2, 0.25) is 0 Å². The second-order valence-electron chi connectivity index (χ2n) is 12.9. The van der Waals surface area contributed by atoms with Gasteiger partial charge in [-0.1, -0.05) is 107 Å². The van der Waals surface area contributed by atoms with Gasteiger partial charge >= 0.3 is 0 Å². The summed E-state index contributed by atoms with van der Waals surface area (Å²) in [6.07, 6.45) is 0. The number of rotatable bonds is 2. The Labute approximate surface area is 191 Å². The molecular formula is C28H42O2S. The van der Waals surface area contributed by atoms with Gasteiger partial charge in [0.1, 0.15) is 0 Å². The van der Waals surface area contributed by atoms with Gasteiger partial charge < -0.3 is 0 Å². The van der Waals surface area contributed by atoms with Crippen LogP contribution in [0, 0.1) is 0 Å². The molecule has 0 amide bonds. The zero-order valence-corrected chi connectivity index (χ0v) is 22.5. The highest BCUT2D eigenvalue weighted by Gasteiger charge is 2.33. The second-order valence-corrected chi connectivity index (χ2v) is 14.8. The molecule has 0 aliphatic heterocycles. The van der Waals surface area contributed by atoms with Crippen LogP contribution in [0.4, 0.5) is 0 Å². The van der Waals surface area contributed by atoms with Gasteiger partial charge in [0.2, 0.25) is 9.84 Å². The van der Waals surface area contributed by atoms with Crippen molar-refractivity contribution >= 4 is 9.84 Å². The maximum Gasteiger partial charge on any atom is 0.207 e. The Balaban J connectivity index is 2.88. The van der Waals surface area contributed by atoms with Crippen LogP contribution in [-0.2, 0) is 31.5 Å². The van der Waals surface area contributed by atoms with E-state index in [1.807, 2.05) is 24.3 Å². The van der Waals surface area contributed by atoms with E-state index in [0.29, 0.717) is 9.79 Å². The Morgan fingerprint density at radius 2 is 0.774 bits per heavy atom. The van der Waals surface area contributed by atoms with E-state index in [1.165, 1.54) is 0 Å². The van der Waals surface area contributed by atoms with E-state index >= 15 is 0 Å².